The number of nitrogens with one attached hydrogen (secondary N) is 4. The SMILES string of the molecule is CC#CC(=O)c1ccc2ncnc(Nc3ccc(OCc4cccc(F)c4)c(Cl)c3)c2c1.CC#CC(=O)c1ccc2ncnc(Nc3ccc(OCc4cccc(F)c4)c(Cl)c3)c2c1.CC#CC(=O)c1ccc2ncnc(Nc3ccc(OCc4cccc(F)c4)c(Cl)c3)c2c1.CS(=O)(=O)O.CS(=O)(=O)O.Fc1cccc(COc2ccc(Nc3ncnc4ccc(I)cc34)cc2Cl)c1. The summed E-state index contributed by atoms with van der Waals surface area (Å²) < 4.78 is 129. The minimum Gasteiger partial charge on any atom is -0.487 e. The predicted octanol–water partition coefficient (Wildman–Crippen LogP) is 23.2. The fourth-order valence-corrected chi connectivity index (χ4v) is 13.5. The number of Topliss-reactive ketones (excluding diaryl/α,β-unsaturated/α-hetero) is 3. The number of benzene rings is 12. The van der Waals surface area contributed by atoms with E-state index in [0.717, 1.165) is 25.7 Å². The van der Waals surface area contributed by atoms with Gasteiger partial charge in [-0.25, -0.2) is 57.4 Å². The Hall–Kier alpha value is -14.5. The van der Waals surface area contributed by atoms with E-state index in [1.54, 1.807) is 191 Å². The van der Waals surface area contributed by atoms with Crippen LogP contribution in [-0.2, 0) is 46.7 Å². The molecule has 0 saturated carbocycles. The zero-order valence-electron chi connectivity index (χ0n) is 70.9. The van der Waals surface area contributed by atoms with Gasteiger partial charge in [0.15, 0.2) is 0 Å². The highest BCUT2D eigenvalue weighted by Gasteiger charge is 2.18. The predicted molar refractivity (Wildman–Crippen MR) is 521 cm³/mol. The van der Waals surface area contributed by atoms with Crippen molar-refractivity contribution in [3.8, 4) is 58.5 Å². The molecule has 4 heterocycles. The van der Waals surface area contributed by atoms with Crippen LogP contribution >= 0.6 is 69.0 Å². The molecule has 36 heteroatoms. The average molecular weight is 2040 g/mol. The first-order valence-electron chi connectivity index (χ1n) is 39.3. The Morgan fingerprint density at radius 2 is 0.567 bits per heavy atom. The Morgan fingerprint density at radius 3 is 0.791 bits per heavy atom. The van der Waals surface area contributed by atoms with Gasteiger partial charge in [0.2, 0.25) is 17.3 Å². The summed E-state index contributed by atoms with van der Waals surface area (Å²) in [6.45, 7) is 5.66. The third-order valence-electron chi connectivity index (χ3n) is 17.9. The Labute approximate surface area is 800 Å². The lowest BCUT2D eigenvalue weighted by atomic mass is 10.1. The molecule has 0 atom stereocenters. The van der Waals surface area contributed by atoms with E-state index in [0.29, 0.717) is 162 Å². The van der Waals surface area contributed by atoms with Gasteiger partial charge in [0, 0.05) is 64.6 Å². The third kappa shape index (κ3) is 31.1. The summed E-state index contributed by atoms with van der Waals surface area (Å²) in [6, 6.07) is 67.3. The van der Waals surface area contributed by atoms with Gasteiger partial charge in [-0.2, -0.15) is 16.8 Å². The summed E-state index contributed by atoms with van der Waals surface area (Å²) in [5.74, 6) is 17.6. The maximum absolute atomic E-state index is 13.3. The Morgan fingerprint density at radius 1 is 0.336 bits per heavy atom. The largest absolute Gasteiger partial charge is 0.487 e. The zero-order valence-corrected chi connectivity index (χ0v) is 77.7. The van der Waals surface area contributed by atoms with Crippen molar-refractivity contribution in [2.75, 3.05) is 33.8 Å². The summed E-state index contributed by atoms with van der Waals surface area (Å²) in [4.78, 5) is 70.7. The van der Waals surface area contributed by atoms with E-state index in [9.17, 15) is 48.8 Å². The molecule has 134 heavy (non-hydrogen) atoms. The molecule has 6 N–H and O–H groups in total. The van der Waals surface area contributed by atoms with Crippen LogP contribution in [0.3, 0.4) is 0 Å². The van der Waals surface area contributed by atoms with E-state index in [1.807, 2.05) is 24.3 Å². The zero-order chi connectivity index (χ0) is 96.0. The molecule has 0 bridgehead atoms. The van der Waals surface area contributed by atoms with Crippen molar-refractivity contribution in [1.29, 1.82) is 0 Å². The van der Waals surface area contributed by atoms with Gasteiger partial charge in [-0.3, -0.25) is 23.5 Å². The lowest BCUT2D eigenvalue weighted by Crippen LogP contribution is -2.00. The molecule has 0 aliphatic rings. The number of hydrogen-bond donors (Lipinski definition) is 6. The van der Waals surface area contributed by atoms with Crippen LogP contribution in [0.25, 0.3) is 43.6 Å². The van der Waals surface area contributed by atoms with Gasteiger partial charge in [-0.05, 0) is 278 Å². The summed E-state index contributed by atoms with van der Waals surface area (Å²) >= 11 is 27.8. The van der Waals surface area contributed by atoms with E-state index in [1.165, 1.54) is 73.8 Å². The topological polar surface area (TPSA) is 348 Å². The van der Waals surface area contributed by atoms with E-state index >= 15 is 0 Å². The summed E-state index contributed by atoms with van der Waals surface area (Å²) in [5, 5.41) is 17.5. The molecule has 0 saturated heterocycles. The Kier molecular flexibility index (Phi) is 35.9. The first kappa shape index (κ1) is 100. The van der Waals surface area contributed by atoms with Crippen LogP contribution in [-0.4, -0.2) is 95.7 Å². The molecule has 0 aliphatic heterocycles. The first-order chi connectivity index (χ1) is 64.2. The van der Waals surface area contributed by atoms with Crippen molar-refractivity contribution in [2.24, 2.45) is 0 Å². The standard InChI is InChI=1S/3C25H17ClFN3O2.C21H14ClFIN3O.2CH4O3S/c3*1-2-4-23(31)17-7-9-22-20(12-17)25(29-15-28-22)30-19-8-10-24(21(26)13-19)32-14-16-5-3-6-18(27)11-16;22-18-10-16(5-7-20(18)28-11-13-2-1-3-14(23)8-13)27-21-17-9-15(24)4-6-19(17)25-12-26-21;2*1-5(2,3)4/h3*3,5-13,15H,14H2,1H3,(H,28,29,30);1-10,12H,11H2,(H,25,26,27);2*1H3,(H,2,3,4). The van der Waals surface area contributed by atoms with Crippen LogP contribution in [0.4, 0.5) is 63.6 Å². The number of carbonyl (C=O) groups is 3. The lowest BCUT2D eigenvalue weighted by Gasteiger charge is -2.12. The molecule has 0 spiro atoms. The number of aromatic nitrogens is 8. The Balaban J connectivity index is 0.000000166. The highest BCUT2D eigenvalue weighted by atomic mass is 127. The van der Waals surface area contributed by atoms with Gasteiger partial charge in [-0.1, -0.05) is 113 Å². The maximum Gasteiger partial charge on any atom is 0.261 e. The van der Waals surface area contributed by atoms with Crippen LogP contribution < -0.4 is 40.2 Å². The second-order valence-electron chi connectivity index (χ2n) is 28.1. The summed E-state index contributed by atoms with van der Waals surface area (Å²) in [6.07, 6.45) is 7.28. The highest BCUT2D eigenvalue weighted by molar-refractivity contribution is 14.1. The van der Waals surface area contributed by atoms with Gasteiger partial charge >= 0.3 is 0 Å². The maximum atomic E-state index is 13.3. The van der Waals surface area contributed by atoms with Crippen LogP contribution in [0, 0.1) is 62.4 Å². The van der Waals surface area contributed by atoms with Crippen molar-refractivity contribution in [3.63, 3.8) is 0 Å². The lowest BCUT2D eigenvalue weighted by molar-refractivity contribution is 0.104. The van der Waals surface area contributed by atoms with E-state index in [-0.39, 0.29) is 67.0 Å². The molecule has 4 aromatic heterocycles. The van der Waals surface area contributed by atoms with Gasteiger partial charge in [-0.15, -0.1) is 0 Å². The molecule has 16 aromatic rings. The molecule has 25 nitrogen and oxygen atoms in total. The average Bonchev–Trinajstić information content (AvgIpc) is 0.808. The van der Waals surface area contributed by atoms with Crippen LogP contribution in [0.2, 0.25) is 20.1 Å². The molecular formula is C98H73Cl4F4IN12O13S2. The number of ketones is 3. The molecule has 12 aromatic carbocycles. The van der Waals surface area contributed by atoms with Gasteiger partial charge in [0.25, 0.3) is 20.2 Å². The van der Waals surface area contributed by atoms with Crippen LogP contribution in [0.15, 0.2) is 268 Å². The van der Waals surface area contributed by atoms with Gasteiger partial charge in [0.1, 0.15) is 121 Å². The second kappa shape index (κ2) is 48.1. The Bertz CT molecular complexity index is 6980. The molecule has 0 radical (unpaired) electrons. The van der Waals surface area contributed by atoms with E-state index in [4.69, 9.17) is 74.5 Å². The minimum absolute atomic E-state index is 0.193. The summed E-state index contributed by atoms with van der Waals surface area (Å²) in [5.41, 5.74) is 9.96. The van der Waals surface area contributed by atoms with Crippen molar-refractivity contribution >= 4 is 196 Å². The van der Waals surface area contributed by atoms with Gasteiger partial charge < -0.3 is 40.2 Å². The number of rotatable bonds is 23. The monoisotopic (exact) mass is 2030 g/mol. The molecule has 0 unspecified atom stereocenters. The van der Waals surface area contributed by atoms with E-state index < -0.39 is 20.2 Å². The van der Waals surface area contributed by atoms with E-state index in [2.05, 4.69) is 119 Å². The second-order valence-corrected chi connectivity index (χ2v) is 33.9. The quantitative estimate of drug-likeness (QED) is 0.00865. The molecular weight excluding hydrogens is 1960 g/mol. The molecule has 678 valence electrons. The number of fused-ring (bicyclic) bond motifs is 4. The molecule has 0 aliphatic carbocycles. The van der Waals surface area contributed by atoms with Crippen molar-refractivity contribution in [1.82, 2.24) is 39.9 Å². The smallest absolute Gasteiger partial charge is 0.261 e. The number of carbonyl (C=O) groups excluding carboxylic acids is 3. The number of hydrogen-bond acceptors (Lipinski definition) is 23. The van der Waals surface area contributed by atoms with Crippen molar-refractivity contribution < 1.29 is 76.8 Å². The molecule has 0 fully saturated rings. The van der Waals surface area contributed by atoms with Crippen LogP contribution in [0.5, 0.6) is 23.0 Å². The molecule has 16 rings (SSSR count). The highest BCUT2D eigenvalue weighted by Crippen LogP contribution is 2.37. The fraction of sp³-hybridized carbons (Fsp3) is 0.0918. The number of ether oxygens (including phenoxy) is 4. The normalized spacial score (nSPS) is 10.5. The first-order valence-corrected chi connectivity index (χ1v) is 45.6. The number of halogens is 9. The van der Waals surface area contributed by atoms with Crippen molar-refractivity contribution in [2.45, 2.75) is 47.2 Å². The number of anilines is 8. The fourth-order valence-electron chi connectivity index (χ4n) is 12.1. The van der Waals surface area contributed by atoms with Crippen molar-refractivity contribution in [3.05, 3.63) is 354 Å². The third-order valence-corrected chi connectivity index (χ3v) is 19.8. The molecule has 0 amide bonds. The number of nitrogens with zero attached hydrogens (tertiary/aromatic N) is 8. The van der Waals surface area contributed by atoms with Crippen LogP contribution in [0.1, 0.15) is 74.1 Å². The minimum atomic E-state index is -3.67. The van der Waals surface area contributed by atoms with Gasteiger partial charge in [0.05, 0.1) is 54.7 Å². The summed E-state index contributed by atoms with van der Waals surface area (Å²) in [7, 11) is -7.33.